The largest absolute Gasteiger partial charge is 0.444 e. The van der Waals surface area contributed by atoms with Crippen LogP contribution in [0.3, 0.4) is 0 Å². The zero-order valence-corrected chi connectivity index (χ0v) is 16.8. The number of nitrogens with zero attached hydrogens (tertiary/aromatic N) is 3. The lowest BCUT2D eigenvalue weighted by Crippen LogP contribution is -2.58. The van der Waals surface area contributed by atoms with Crippen molar-refractivity contribution in [3.63, 3.8) is 0 Å². The first-order valence-corrected chi connectivity index (χ1v) is 9.10. The number of benzene rings is 1. The van der Waals surface area contributed by atoms with Crippen LogP contribution in [0.5, 0.6) is 0 Å². The van der Waals surface area contributed by atoms with Gasteiger partial charge in [-0.25, -0.2) is 19.2 Å². The highest BCUT2D eigenvalue weighted by Crippen LogP contribution is 2.40. The molecular weight excluding hydrogens is 448 g/mol. The molecule has 1 aromatic carbocycles. The van der Waals surface area contributed by atoms with Crippen LogP contribution in [0.25, 0.3) is 10.9 Å². The number of rotatable bonds is 2. The summed E-state index contributed by atoms with van der Waals surface area (Å²) in [5, 5.41) is 2.85. The molecule has 0 saturated carbocycles. The second kappa shape index (κ2) is 7.02. The molecule has 0 radical (unpaired) electrons. The summed E-state index contributed by atoms with van der Waals surface area (Å²) in [7, 11) is 0. The number of carbonyl (C=O) groups is 1. The van der Waals surface area contributed by atoms with Crippen molar-refractivity contribution in [3.8, 4) is 0 Å². The summed E-state index contributed by atoms with van der Waals surface area (Å²) in [6.45, 7) is 5.81. The highest BCUT2D eigenvalue weighted by molar-refractivity contribution is 9.10. The van der Waals surface area contributed by atoms with Gasteiger partial charge in [0.25, 0.3) is 0 Å². The second-order valence-electron chi connectivity index (χ2n) is 7.39. The molecule has 1 amide bonds. The summed E-state index contributed by atoms with van der Waals surface area (Å²) < 4.78 is 58.5. The van der Waals surface area contributed by atoms with Crippen molar-refractivity contribution < 1.29 is 27.1 Å². The number of hydrogen-bond donors (Lipinski definition) is 1. The van der Waals surface area contributed by atoms with E-state index in [9.17, 15) is 22.4 Å². The van der Waals surface area contributed by atoms with Gasteiger partial charge in [-0.05, 0) is 42.8 Å². The third-order valence-corrected chi connectivity index (χ3v) is 4.76. The van der Waals surface area contributed by atoms with Gasteiger partial charge >= 0.3 is 12.3 Å². The van der Waals surface area contributed by atoms with Gasteiger partial charge < -0.3 is 15.0 Å². The van der Waals surface area contributed by atoms with Crippen molar-refractivity contribution in [3.05, 3.63) is 28.2 Å². The number of ether oxygens (including phenoxy) is 1. The number of fused-ring (bicyclic) bond motifs is 1. The summed E-state index contributed by atoms with van der Waals surface area (Å²) in [6.07, 6.45) is -4.16. The quantitative estimate of drug-likeness (QED) is 0.658. The van der Waals surface area contributed by atoms with Gasteiger partial charge in [0.1, 0.15) is 23.3 Å². The SMILES string of the molecule is CC(C)(C)OC(=O)N1CC(Nc2ncnc3c(F)c(Br)c(C(F)(F)F)cc23)C1. The van der Waals surface area contributed by atoms with Gasteiger partial charge in [0.05, 0.1) is 16.1 Å². The zero-order valence-electron chi connectivity index (χ0n) is 15.2. The monoisotopic (exact) mass is 464 g/mol. The standard InChI is InChI=1S/C17H17BrF4N4O2/c1-16(2,3)28-15(27)26-5-8(6-26)25-14-9-4-10(17(20,21)22)11(18)12(19)13(9)23-7-24-14/h4,7-8H,5-6H2,1-3H3,(H,23,24,25). The summed E-state index contributed by atoms with van der Waals surface area (Å²) >= 11 is 2.65. The molecule has 1 N–H and O–H groups in total. The van der Waals surface area contributed by atoms with E-state index < -0.39 is 33.7 Å². The highest BCUT2D eigenvalue weighted by atomic mass is 79.9. The van der Waals surface area contributed by atoms with Gasteiger partial charge in [-0.15, -0.1) is 0 Å². The summed E-state index contributed by atoms with van der Waals surface area (Å²) in [4.78, 5) is 21.1. The molecule has 11 heteroatoms. The van der Waals surface area contributed by atoms with Crippen LogP contribution in [-0.2, 0) is 10.9 Å². The Morgan fingerprint density at radius 3 is 2.50 bits per heavy atom. The molecule has 0 atom stereocenters. The van der Waals surface area contributed by atoms with Gasteiger partial charge in [0.2, 0.25) is 0 Å². The maximum absolute atomic E-state index is 14.4. The van der Waals surface area contributed by atoms with Crippen molar-refractivity contribution in [2.75, 3.05) is 18.4 Å². The minimum Gasteiger partial charge on any atom is -0.444 e. The van der Waals surface area contributed by atoms with E-state index in [1.165, 1.54) is 4.90 Å². The topological polar surface area (TPSA) is 67.3 Å². The molecule has 28 heavy (non-hydrogen) atoms. The molecule has 1 aliphatic heterocycles. The molecule has 0 aliphatic carbocycles. The number of alkyl halides is 3. The number of carbonyl (C=O) groups excluding carboxylic acids is 1. The van der Waals surface area contributed by atoms with E-state index in [0.717, 1.165) is 12.4 Å². The highest BCUT2D eigenvalue weighted by Gasteiger charge is 2.37. The average Bonchev–Trinajstić information content (AvgIpc) is 2.51. The van der Waals surface area contributed by atoms with Crippen molar-refractivity contribution in [1.82, 2.24) is 14.9 Å². The Kier molecular flexibility index (Phi) is 5.15. The first kappa shape index (κ1) is 20.6. The van der Waals surface area contributed by atoms with Gasteiger partial charge in [-0.1, -0.05) is 0 Å². The van der Waals surface area contributed by atoms with Crippen molar-refractivity contribution in [1.29, 1.82) is 0 Å². The summed E-state index contributed by atoms with van der Waals surface area (Å²) in [5.74, 6) is -1.05. The number of anilines is 1. The molecule has 6 nitrogen and oxygen atoms in total. The van der Waals surface area contributed by atoms with Crippen LogP contribution >= 0.6 is 15.9 Å². The van der Waals surface area contributed by atoms with E-state index in [1.807, 2.05) is 0 Å². The first-order valence-electron chi connectivity index (χ1n) is 8.31. The molecule has 0 spiro atoms. The Balaban J connectivity index is 1.82. The number of amides is 1. The molecule has 1 saturated heterocycles. The fourth-order valence-corrected chi connectivity index (χ4v) is 3.22. The lowest BCUT2D eigenvalue weighted by atomic mass is 10.1. The van der Waals surface area contributed by atoms with Crippen LogP contribution in [0.2, 0.25) is 0 Å². The lowest BCUT2D eigenvalue weighted by Gasteiger charge is -2.40. The van der Waals surface area contributed by atoms with Gasteiger partial charge in [-0.2, -0.15) is 13.2 Å². The molecule has 3 rings (SSSR count). The smallest absolute Gasteiger partial charge is 0.417 e. The van der Waals surface area contributed by atoms with Crippen LogP contribution in [0, 0.1) is 5.82 Å². The Morgan fingerprint density at radius 2 is 1.93 bits per heavy atom. The minimum absolute atomic E-state index is 0.0655. The van der Waals surface area contributed by atoms with Crippen molar-refractivity contribution in [2.24, 2.45) is 0 Å². The normalized spacial score (nSPS) is 15.5. The van der Waals surface area contributed by atoms with E-state index in [1.54, 1.807) is 20.8 Å². The van der Waals surface area contributed by atoms with Crippen LogP contribution in [0.15, 0.2) is 16.9 Å². The first-order chi connectivity index (χ1) is 12.9. The number of halogens is 5. The van der Waals surface area contributed by atoms with Crippen LogP contribution in [-0.4, -0.2) is 45.7 Å². The second-order valence-corrected chi connectivity index (χ2v) is 8.19. The maximum atomic E-state index is 14.4. The predicted octanol–water partition coefficient (Wildman–Crippen LogP) is 4.58. The van der Waals surface area contributed by atoms with E-state index in [2.05, 4.69) is 31.2 Å². The van der Waals surface area contributed by atoms with E-state index in [0.29, 0.717) is 0 Å². The molecule has 0 bridgehead atoms. The fourth-order valence-electron chi connectivity index (χ4n) is 2.70. The summed E-state index contributed by atoms with van der Waals surface area (Å²) in [6, 6.07) is 0.543. The van der Waals surface area contributed by atoms with Crippen molar-refractivity contribution in [2.45, 2.75) is 38.6 Å². The molecule has 0 unspecified atom stereocenters. The molecule has 1 aromatic heterocycles. The van der Waals surface area contributed by atoms with Gasteiger partial charge in [0.15, 0.2) is 5.82 Å². The predicted molar refractivity (Wildman–Crippen MR) is 97.4 cm³/mol. The Morgan fingerprint density at radius 1 is 1.29 bits per heavy atom. The van der Waals surface area contributed by atoms with Crippen LogP contribution in [0.1, 0.15) is 26.3 Å². The van der Waals surface area contributed by atoms with Crippen molar-refractivity contribution >= 4 is 38.7 Å². The third-order valence-electron chi connectivity index (χ3n) is 3.99. The number of likely N-dealkylation sites (tertiary alicyclic amines) is 1. The lowest BCUT2D eigenvalue weighted by molar-refractivity contribution is -0.138. The fraction of sp³-hybridized carbons (Fsp3) is 0.471. The molecule has 152 valence electrons. The van der Waals surface area contributed by atoms with E-state index in [4.69, 9.17) is 4.74 Å². The van der Waals surface area contributed by atoms with Gasteiger partial charge in [0, 0.05) is 18.5 Å². The molecule has 1 fully saturated rings. The Labute approximate surface area is 166 Å². The Hall–Kier alpha value is -2.17. The summed E-state index contributed by atoms with van der Waals surface area (Å²) in [5.41, 5.74) is -2.02. The minimum atomic E-state index is -4.75. The number of aromatic nitrogens is 2. The van der Waals surface area contributed by atoms with Crippen LogP contribution < -0.4 is 5.32 Å². The Bertz CT molecular complexity index is 924. The van der Waals surface area contributed by atoms with E-state index in [-0.39, 0.29) is 35.9 Å². The molecule has 2 heterocycles. The third kappa shape index (κ3) is 4.13. The van der Waals surface area contributed by atoms with E-state index >= 15 is 0 Å². The van der Waals surface area contributed by atoms with Crippen LogP contribution in [0.4, 0.5) is 28.2 Å². The maximum Gasteiger partial charge on any atom is 0.417 e. The number of nitrogens with one attached hydrogen (secondary N) is 1. The molecule has 2 aromatic rings. The number of hydrogen-bond acceptors (Lipinski definition) is 5. The van der Waals surface area contributed by atoms with Gasteiger partial charge in [-0.3, -0.25) is 0 Å². The zero-order chi connectivity index (χ0) is 20.9. The molecule has 1 aliphatic rings. The average molecular weight is 465 g/mol. The molecular formula is C17H17BrF4N4O2.